The Bertz CT molecular complexity index is 481. The predicted molar refractivity (Wildman–Crippen MR) is 81.1 cm³/mol. The zero-order chi connectivity index (χ0) is 16.6. The summed E-state index contributed by atoms with van der Waals surface area (Å²) in [5.74, 6) is -0.514. The van der Waals surface area contributed by atoms with Crippen molar-refractivity contribution in [3.63, 3.8) is 0 Å². The molecule has 0 unspecified atom stereocenters. The quantitative estimate of drug-likeness (QED) is 0.785. The highest BCUT2D eigenvalue weighted by Crippen LogP contribution is 2.09. The van der Waals surface area contributed by atoms with E-state index in [-0.39, 0.29) is 19.6 Å². The number of rotatable bonds is 6. The number of amides is 1. The van der Waals surface area contributed by atoms with E-state index in [1.807, 2.05) is 30.3 Å². The molecule has 1 aromatic rings. The minimum absolute atomic E-state index is 0.0765. The predicted octanol–water partition coefficient (Wildman–Crippen LogP) is 2.01. The summed E-state index contributed by atoms with van der Waals surface area (Å²) in [7, 11) is 0. The van der Waals surface area contributed by atoms with E-state index in [2.05, 4.69) is 5.32 Å². The fourth-order valence-corrected chi connectivity index (χ4v) is 1.62. The third-order valence-corrected chi connectivity index (χ3v) is 2.52. The maximum absolute atomic E-state index is 11.5. The third-order valence-electron chi connectivity index (χ3n) is 2.52. The highest BCUT2D eigenvalue weighted by Gasteiger charge is 2.19. The van der Waals surface area contributed by atoms with Gasteiger partial charge in [0.2, 0.25) is 0 Å². The standard InChI is InChI=1S/C16H23NO5/c1-16(2,3)22-14(19)9-13(18)10-17-15(20)21-11-12-7-5-4-6-8-12/h4-8,13,18H,9-11H2,1-3H3,(H,17,20)/t13-/m1/s1. The van der Waals surface area contributed by atoms with Gasteiger partial charge in [0, 0.05) is 6.54 Å². The van der Waals surface area contributed by atoms with E-state index >= 15 is 0 Å². The van der Waals surface area contributed by atoms with E-state index in [1.165, 1.54) is 0 Å². The number of nitrogens with one attached hydrogen (secondary N) is 1. The lowest BCUT2D eigenvalue weighted by molar-refractivity contribution is -0.156. The van der Waals surface area contributed by atoms with Crippen molar-refractivity contribution in [2.75, 3.05) is 6.54 Å². The van der Waals surface area contributed by atoms with Crippen LogP contribution in [0, 0.1) is 0 Å². The smallest absolute Gasteiger partial charge is 0.407 e. The van der Waals surface area contributed by atoms with Gasteiger partial charge in [-0.05, 0) is 26.3 Å². The van der Waals surface area contributed by atoms with Gasteiger partial charge in [-0.3, -0.25) is 4.79 Å². The first kappa shape index (κ1) is 18.0. The normalized spacial score (nSPS) is 12.4. The summed E-state index contributed by atoms with van der Waals surface area (Å²) >= 11 is 0. The molecule has 1 amide bonds. The van der Waals surface area contributed by atoms with Gasteiger partial charge in [-0.15, -0.1) is 0 Å². The van der Waals surface area contributed by atoms with E-state index in [0.717, 1.165) is 5.56 Å². The Morgan fingerprint density at radius 1 is 1.23 bits per heavy atom. The second kappa shape index (κ2) is 8.38. The molecule has 0 radical (unpaired) electrons. The van der Waals surface area contributed by atoms with Crippen LogP contribution >= 0.6 is 0 Å². The van der Waals surface area contributed by atoms with Gasteiger partial charge >= 0.3 is 12.1 Å². The van der Waals surface area contributed by atoms with Crippen molar-refractivity contribution >= 4 is 12.1 Å². The van der Waals surface area contributed by atoms with Crippen LogP contribution < -0.4 is 5.32 Å². The van der Waals surface area contributed by atoms with Gasteiger partial charge in [-0.2, -0.15) is 0 Å². The number of benzene rings is 1. The van der Waals surface area contributed by atoms with Crippen molar-refractivity contribution in [1.82, 2.24) is 5.32 Å². The van der Waals surface area contributed by atoms with Gasteiger partial charge in [0.25, 0.3) is 0 Å². The lowest BCUT2D eigenvalue weighted by atomic mass is 10.2. The maximum Gasteiger partial charge on any atom is 0.407 e. The van der Waals surface area contributed by atoms with Crippen LogP contribution in [0.4, 0.5) is 4.79 Å². The van der Waals surface area contributed by atoms with Crippen molar-refractivity contribution in [1.29, 1.82) is 0 Å². The van der Waals surface area contributed by atoms with Crippen molar-refractivity contribution in [2.24, 2.45) is 0 Å². The topological polar surface area (TPSA) is 84.9 Å². The van der Waals surface area contributed by atoms with Crippen LogP contribution in [0.5, 0.6) is 0 Å². The van der Waals surface area contributed by atoms with Gasteiger partial charge in [0.15, 0.2) is 0 Å². The van der Waals surface area contributed by atoms with E-state index in [4.69, 9.17) is 9.47 Å². The number of ether oxygens (including phenoxy) is 2. The monoisotopic (exact) mass is 309 g/mol. The second-order valence-corrected chi connectivity index (χ2v) is 5.89. The van der Waals surface area contributed by atoms with E-state index in [1.54, 1.807) is 20.8 Å². The molecular formula is C16H23NO5. The summed E-state index contributed by atoms with van der Waals surface area (Å²) in [6.07, 6.45) is -1.85. The molecule has 6 nitrogen and oxygen atoms in total. The Kier molecular flexibility index (Phi) is 6.85. The lowest BCUT2D eigenvalue weighted by Gasteiger charge is -2.20. The highest BCUT2D eigenvalue weighted by atomic mass is 16.6. The van der Waals surface area contributed by atoms with Gasteiger partial charge < -0.3 is 19.9 Å². The molecule has 0 aliphatic heterocycles. The summed E-state index contributed by atoms with van der Waals surface area (Å²) in [4.78, 5) is 23.0. The van der Waals surface area contributed by atoms with E-state index < -0.39 is 23.8 Å². The van der Waals surface area contributed by atoms with E-state index in [0.29, 0.717) is 0 Å². The first-order valence-corrected chi connectivity index (χ1v) is 7.11. The van der Waals surface area contributed by atoms with Crippen LogP contribution in [0.1, 0.15) is 32.8 Å². The van der Waals surface area contributed by atoms with Crippen LogP contribution in [0.15, 0.2) is 30.3 Å². The van der Waals surface area contributed by atoms with Gasteiger partial charge in [0.05, 0.1) is 12.5 Å². The van der Waals surface area contributed by atoms with Crippen LogP contribution in [-0.2, 0) is 20.9 Å². The maximum atomic E-state index is 11.5. The van der Waals surface area contributed by atoms with E-state index in [9.17, 15) is 14.7 Å². The summed E-state index contributed by atoms with van der Waals surface area (Å²) < 4.78 is 10.1. The zero-order valence-corrected chi connectivity index (χ0v) is 13.2. The van der Waals surface area contributed by atoms with Gasteiger partial charge in [-0.25, -0.2) is 4.79 Å². The molecule has 0 saturated heterocycles. The average Bonchev–Trinajstić information content (AvgIpc) is 2.42. The van der Waals surface area contributed by atoms with Crippen molar-refractivity contribution in [2.45, 2.75) is 45.5 Å². The number of aliphatic hydroxyl groups is 1. The fourth-order valence-electron chi connectivity index (χ4n) is 1.62. The Morgan fingerprint density at radius 3 is 2.45 bits per heavy atom. The molecule has 6 heteroatoms. The minimum atomic E-state index is -1.01. The molecule has 22 heavy (non-hydrogen) atoms. The number of esters is 1. The van der Waals surface area contributed by atoms with Crippen LogP contribution in [-0.4, -0.2) is 35.4 Å². The number of hydrogen-bond donors (Lipinski definition) is 2. The second-order valence-electron chi connectivity index (χ2n) is 5.89. The first-order valence-electron chi connectivity index (χ1n) is 7.11. The summed E-state index contributed by atoms with van der Waals surface area (Å²) in [6.45, 7) is 5.31. The van der Waals surface area contributed by atoms with Crippen molar-refractivity contribution < 1.29 is 24.2 Å². The number of alkyl carbamates (subject to hydrolysis) is 1. The fraction of sp³-hybridized carbons (Fsp3) is 0.500. The van der Waals surface area contributed by atoms with Crippen molar-refractivity contribution in [3.8, 4) is 0 Å². The summed E-state index contributed by atoms with van der Waals surface area (Å²) in [5, 5.41) is 12.1. The molecule has 0 bridgehead atoms. The average molecular weight is 309 g/mol. The molecule has 122 valence electrons. The zero-order valence-electron chi connectivity index (χ0n) is 13.2. The molecular weight excluding hydrogens is 286 g/mol. The molecule has 1 rings (SSSR count). The van der Waals surface area contributed by atoms with Gasteiger partial charge in [-0.1, -0.05) is 30.3 Å². The molecule has 0 aromatic heterocycles. The Labute approximate surface area is 130 Å². The molecule has 0 spiro atoms. The Balaban J connectivity index is 2.21. The SMILES string of the molecule is CC(C)(C)OC(=O)C[C@@H](O)CNC(=O)OCc1ccccc1. The summed E-state index contributed by atoms with van der Waals surface area (Å²) in [5.41, 5.74) is 0.269. The number of carbonyl (C=O) groups excluding carboxylic acids is 2. The highest BCUT2D eigenvalue weighted by molar-refractivity contribution is 5.71. The molecule has 1 atom stereocenters. The molecule has 0 aliphatic rings. The molecule has 0 fully saturated rings. The Morgan fingerprint density at radius 2 is 1.86 bits per heavy atom. The Hall–Kier alpha value is -2.08. The largest absolute Gasteiger partial charge is 0.460 e. The molecule has 0 aliphatic carbocycles. The molecule has 1 aromatic carbocycles. The lowest BCUT2D eigenvalue weighted by Crippen LogP contribution is -2.35. The van der Waals surface area contributed by atoms with Crippen LogP contribution in [0.2, 0.25) is 0 Å². The minimum Gasteiger partial charge on any atom is -0.460 e. The first-order chi connectivity index (χ1) is 10.3. The number of aliphatic hydroxyl groups excluding tert-OH is 1. The molecule has 2 N–H and O–H groups in total. The van der Waals surface area contributed by atoms with Crippen molar-refractivity contribution in [3.05, 3.63) is 35.9 Å². The van der Waals surface area contributed by atoms with Gasteiger partial charge in [0.1, 0.15) is 12.2 Å². The third kappa shape index (κ3) is 8.26. The number of hydrogen-bond acceptors (Lipinski definition) is 5. The summed E-state index contributed by atoms with van der Waals surface area (Å²) in [6, 6.07) is 9.24. The molecule has 0 saturated carbocycles. The number of carbonyl (C=O) groups is 2. The molecule has 0 heterocycles. The van der Waals surface area contributed by atoms with Crippen LogP contribution in [0.3, 0.4) is 0 Å². The van der Waals surface area contributed by atoms with Crippen LogP contribution in [0.25, 0.3) is 0 Å².